The van der Waals surface area contributed by atoms with Gasteiger partial charge in [-0.15, -0.1) is 0 Å². The Labute approximate surface area is 170 Å². The van der Waals surface area contributed by atoms with Crippen molar-refractivity contribution >= 4 is 39.4 Å². The predicted octanol–water partition coefficient (Wildman–Crippen LogP) is 4.62. The molecule has 0 fully saturated rings. The smallest absolute Gasteiger partial charge is 0.253 e. The van der Waals surface area contributed by atoms with Gasteiger partial charge >= 0.3 is 0 Å². The molecule has 2 heterocycles. The number of halogens is 2. The van der Waals surface area contributed by atoms with Gasteiger partial charge in [-0.1, -0.05) is 24.3 Å². The molecule has 1 N–H and O–H groups in total. The first-order valence-corrected chi connectivity index (χ1v) is 9.52. The average Bonchev–Trinajstić information content (AvgIpc) is 2.65. The highest BCUT2D eigenvalue weighted by Crippen LogP contribution is 2.22. The van der Waals surface area contributed by atoms with Gasteiger partial charge in [-0.2, -0.15) is 0 Å². The average molecular weight is 479 g/mol. The molecule has 1 amide bonds. The maximum atomic E-state index is 13.5. The number of ether oxygens (including phenoxy) is 1. The summed E-state index contributed by atoms with van der Waals surface area (Å²) in [4.78, 5) is 21.2. The summed E-state index contributed by atoms with van der Waals surface area (Å²) in [5.41, 5.74) is 2.01. The summed E-state index contributed by atoms with van der Waals surface area (Å²) in [6.07, 6.45) is 3.29. The first-order chi connectivity index (χ1) is 12.8. The van der Waals surface area contributed by atoms with Gasteiger partial charge in [-0.25, -0.2) is 9.37 Å². The third-order valence-electron chi connectivity index (χ3n) is 3.96. The van der Waals surface area contributed by atoms with Crippen molar-refractivity contribution in [3.63, 3.8) is 0 Å². The number of hydrogen-bond acceptors (Lipinski definition) is 4. The summed E-state index contributed by atoms with van der Waals surface area (Å²) >= 11 is 1.67. The third kappa shape index (κ3) is 5.12. The Bertz CT molecular complexity index is 937. The highest BCUT2D eigenvalue weighted by atomic mass is 127. The molecule has 0 bridgehead atoms. The summed E-state index contributed by atoms with van der Waals surface area (Å²) in [5, 5.41) is 3.87. The van der Waals surface area contributed by atoms with E-state index in [4.69, 9.17) is 4.74 Å². The number of carbonyl (C=O) groups is 1. The van der Waals surface area contributed by atoms with E-state index in [1.807, 2.05) is 31.2 Å². The van der Waals surface area contributed by atoms with Gasteiger partial charge in [0.05, 0.1) is 17.1 Å². The fourth-order valence-electron chi connectivity index (χ4n) is 2.58. The molecule has 0 aliphatic rings. The normalized spacial score (nSPS) is 14.4. The molecule has 0 spiro atoms. The second kappa shape index (κ2) is 8.16. The monoisotopic (exact) mass is 479 g/mol. The second-order valence-electron chi connectivity index (χ2n) is 6.36. The Morgan fingerprint density at radius 3 is 2.74 bits per heavy atom. The van der Waals surface area contributed by atoms with E-state index in [0.29, 0.717) is 17.0 Å². The quantitative estimate of drug-likeness (QED) is 0.414. The number of carbonyl (C=O) groups excluding carboxylic acids is 1. The Kier molecular flexibility index (Phi) is 5.88. The van der Waals surface area contributed by atoms with E-state index in [9.17, 15) is 9.18 Å². The van der Waals surface area contributed by atoms with Crippen LogP contribution < -0.4 is 10.1 Å². The molecule has 1 unspecified atom stereocenters. The molecular formula is C20H19FIN3O2. The van der Waals surface area contributed by atoms with E-state index in [-0.39, 0.29) is 18.6 Å². The topological polar surface area (TPSA) is 64.1 Å². The van der Waals surface area contributed by atoms with E-state index >= 15 is 0 Å². The number of para-hydroxylation sites is 1. The highest BCUT2D eigenvalue weighted by Gasteiger charge is 2.19. The van der Waals surface area contributed by atoms with Gasteiger partial charge in [0.15, 0.2) is 3.68 Å². The number of pyridine rings is 2. The van der Waals surface area contributed by atoms with Crippen LogP contribution in [0.1, 0.15) is 35.8 Å². The lowest BCUT2D eigenvalue weighted by atomic mass is 10.1. The van der Waals surface area contributed by atoms with E-state index < -0.39 is 3.68 Å². The van der Waals surface area contributed by atoms with Crippen molar-refractivity contribution in [3.05, 3.63) is 66.0 Å². The number of nitrogens with one attached hydrogen (secondary N) is 1. The lowest BCUT2D eigenvalue weighted by molar-refractivity contribution is 0.0941. The second-order valence-corrected chi connectivity index (χ2v) is 8.61. The molecule has 2 atom stereocenters. The van der Waals surface area contributed by atoms with Crippen molar-refractivity contribution in [1.29, 1.82) is 0 Å². The van der Waals surface area contributed by atoms with Gasteiger partial charge in [0.1, 0.15) is 6.61 Å². The zero-order valence-electron chi connectivity index (χ0n) is 14.9. The Hall–Kier alpha value is -2.29. The standard InChI is InChI=1S/C20H19FIN3O2/c1-13(15-8-9-17(24-11-15)27-12-20(2,21)22)25-19(26)16-7-3-5-14-6-4-10-23-18(14)16/h3-11,13H,12H2,1-2H3,(H,25,26)/t13?,20-/m1/s1. The van der Waals surface area contributed by atoms with Gasteiger partial charge in [0.2, 0.25) is 5.88 Å². The van der Waals surface area contributed by atoms with Crippen LogP contribution in [0, 0.1) is 0 Å². The van der Waals surface area contributed by atoms with E-state index in [1.54, 1.807) is 53.2 Å². The fraction of sp³-hybridized carbons (Fsp3) is 0.250. The minimum Gasteiger partial charge on any atom is -0.473 e. The number of rotatable bonds is 6. The first-order valence-electron chi connectivity index (χ1n) is 8.45. The largest absolute Gasteiger partial charge is 0.473 e. The summed E-state index contributed by atoms with van der Waals surface area (Å²) in [6, 6.07) is 12.5. The van der Waals surface area contributed by atoms with Crippen molar-refractivity contribution in [3.8, 4) is 5.88 Å². The molecule has 1 aromatic carbocycles. The number of fused-ring (bicyclic) bond motifs is 1. The lowest BCUT2D eigenvalue weighted by Gasteiger charge is -2.16. The van der Waals surface area contributed by atoms with Gasteiger partial charge in [-0.3, -0.25) is 9.78 Å². The summed E-state index contributed by atoms with van der Waals surface area (Å²) in [7, 11) is 0. The van der Waals surface area contributed by atoms with Crippen LogP contribution in [0.2, 0.25) is 0 Å². The summed E-state index contributed by atoms with van der Waals surface area (Å²) in [6.45, 7) is 3.22. The molecule has 2 aromatic heterocycles. The third-order valence-corrected chi connectivity index (χ3v) is 4.27. The molecule has 0 radical (unpaired) electrons. The number of hydrogen-bond donors (Lipinski definition) is 1. The highest BCUT2D eigenvalue weighted by molar-refractivity contribution is 14.1. The summed E-state index contributed by atoms with van der Waals surface area (Å²) < 4.78 is 17.3. The molecule has 0 aliphatic heterocycles. The van der Waals surface area contributed by atoms with Gasteiger partial charge < -0.3 is 10.1 Å². The van der Waals surface area contributed by atoms with Crippen LogP contribution in [0.3, 0.4) is 0 Å². The van der Waals surface area contributed by atoms with Crippen LogP contribution in [-0.2, 0) is 0 Å². The maximum absolute atomic E-state index is 13.5. The van der Waals surface area contributed by atoms with Crippen LogP contribution in [0.15, 0.2) is 54.9 Å². The molecule has 0 saturated heterocycles. The lowest BCUT2D eigenvalue weighted by Crippen LogP contribution is -2.27. The van der Waals surface area contributed by atoms with Crippen molar-refractivity contribution in [1.82, 2.24) is 15.3 Å². The molecule has 5 nitrogen and oxygen atoms in total. The zero-order chi connectivity index (χ0) is 19.4. The van der Waals surface area contributed by atoms with Crippen LogP contribution in [-0.4, -0.2) is 26.2 Å². The zero-order valence-corrected chi connectivity index (χ0v) is 17.1. The number of aromatic nitrogens is 2. The van der Waals surface area contributed by atoms with Gasteiger partial charge in [0.25, 0.3) is 5.91 Å². The van der Waals surface area contributed by atoms with E-state index in [2.05, 4.69) is 15.3 Å². The number of amides is 1. The molecule has 0 aliphatic carbocycles. The van der Waals surface area contributed by atoms with E-state index in [0.717, 1.165) is 10.9 Å². The number of nitrogens with zero attached hydrogens (tertiary/aromatic N) is 2. The Balaban J connectivity index is 1.69. The van der Waals surface area contributed by atoms with Gasteiger partial charge in [-0.05, 0) is 54.1 Å². The molecular weight excluding hydrogens is 460 g/mol. The number of alkyl halides is 2. The summed E-state index contributed by atoms with van der Waals surface area (Å²) in [5.74, 6) is 0.140. The van der Waals surface area contributed by atoms with E-state index in [1.165, 1.54) is 6.92 Å². The van der Waals surface area contributed by atoms with Crippen LogP contribution in [0.25, 0.3) is 10.9 Å². The fourth-order valence-corrected chi connectivity index (χ4v) is 2.73. The van der Waals surface area contributed by atoms with Gasteiger partial charge in [0, 0.05) is 23.8 Å². The number of benzene rings is 1. The van der Waals surface area contributed by atoms with Crippen LogP contribution in [0.4, 0.5) is 4.39 Å². The predicted molar refractivity (Wildman–Crippen MR) is 111 cm³/mol. The Morgan fingerprint density at radius 2 is 2.04 bits per heavy atom. The molecule has 7 heteroatoms. The SMILES string of the molecule is CC(NC(=O)c1cccc2cccnc12)c1ccc(OC[C@](C)(F)I)nc1. The molecule has 27 heavy (non-hydrogen) atoms. The van der Waals surface area contributed by atoms with Crippen molar-refractivity contribution in [2.75, 3.05) is 6.61 Å². The maximum Gasteiger partial charge on any atom is 0.253 e. The molecule has 140 valence electrons. The Morgan fingerprint density at radius 1 is 1.26 bits per heavy atom. The minimum absolute atomic E-state index is 0.0831. The first kappa shape index (κ1) is 19.5. The van der Waals surface area contributed by atoms with Crippen LogP contribution in [0.5, 0.6) is 5.88 Å². The molecule has 0 saturated carbocycles. The minimum atomic E-state index is -1.45. The van der Waals surface area contributed by atoms with Crippen molar-refractivity contribution < 1.29 is 13.9 Å². The molecule has 3 rings (SSSR count). The van der Waals surface area contributed by atoms with Crippen molar-refractivity contribution in [2.24, 2.45) is 0 Å². The van der Waals surface area contributed by atoms with Crippen molar-refractivity contribution in [2.45, 2.75) is 23.6 Å². The molecule has 3 aromatic rings. The van der Waals surface area contributed by atoms with Crippen LogP contribution >= 0.6 is 22.6 Å².